The van der Waals surface area contributed by atoms with Crippen LogP contribution in [0.5, 0.6) is 0 Å². The van der Waals surface area contributed by atoms with Gasteiger partial charge in [-0.3, -0.25) is 0 Å². The normalized spacial score (nSPS) is 16.9. The van der Waals surface area contributed by atoms with E-state index in [2.05, 4.69) is 16.3 Å². The third-order valence-corrected chi connectivity index (χ3v) is 2.67. The molecule has 0 spiro atoms. The molecule has 0 atom stereocenters. The molecule has 82 valence electrons. The summed E-state index contributed by atoms with van der Waals surface area (Å²) in [5, 5.41) is 12.4. The van der Waals surface area contributed by atoms with Crippen LogP contribution in [0.25, 0.3) is 5.57 Å². The number of hydrogen-bond donors (Lipinski definition) is 1. The van der Waals surface area contributed by atoms with Gasteiger partial charge in [0.05, 0.1) is 5.57 Å². The van der Waals surface area contributed by atoms with E-state index in [0.717, 1.165) is 37.3 Å². The average molecular weight is 213 g/mol. The first kappa shape index (κ1) is 10.7. The van der Waals surface area contributed by atoms with Gasteiger partial charge in [-0.1, -0.05) is 30.3 Å². The Morgan fingerprint density at radius 1 is 1.25 bits per heavy atom. The van der Waals surface area contributed by atoms with Gasteiger partial charge in [0, 0.05) is 32.4 Å². The molecule has 1 aromatic carbocycles. The Hall–Kier alpha value is -1.79. The third-order valence-electron chi connectivity index (χ3n) is 2.67. The fourth-order valence-electron chi connectivity index (χ4n) is 1.78. The highest BCUT2D eigenvalue weighted by Crippen LogP contribution is 2.13. The van der Waals surface area contributed by atoms with Crippen LogP contribution < -0.4 is 5.32 Å². The van der Waals surface area contributed by atoms with E-state index < -0.39 is 0 Å². The summed E-state index contributed by atoms with van der Waals surface area (Å²) in [6.07, 6.45) is 1.97. The minimum Gasteiger partial charge on any atom is -0.374 e. The highest BCUT2D eigenvalue weighted by molar-refractivity contribution is 5.76. The maximum Gasteiger partial charge on any atom is 0.101 e. The van der Waals surface area contributed by atoms with E-state index in [-0.39, 0.29) is 0 Å². The van der Waals surface area contributed by atoms with E-state index in [1.54, 1.807) is 0 Å². The molecule has 3 heteroatoms. The average Bonchev–Trinajstić information content (AvgIpc) is 2.38. The molecule has 1 fully saturated rings. The van der Waals surface area contributed by atoms with Gasteiger partial charge in [0.2, 0.25) is 0 Å². The molecule has 3 nitrogen and oxygen atoms in total. The van der Waals surface area contributed by atoms with Crippen molar-refractivity contribution < 1.29 is 0 Å². The van der Waals surface area contributed by atoms with Crippen LogP contribution in [0.3, 0.4) is 0 Å². The monoisotopic (exact) mass is 213 g/mol. The molecular weight excluding hydrogens is 198 g/mol. The quantitative estimate of drug-likeness (QED) is 0.756. The molecule has 0 unspecified atom stereocenters. The van der Waals surface area contributed by atoms with Crippen LogP contribution in [0.1, 0.15) is 5.56 Å². The van der Waals surface area contributed by atoms with Crippen LogP contribution >= 0.6 is 0 Å². The Balaban J connectivity index is 2.16. The highest BCUT2D eigenvalue weighted by Gasteiger charge is 2.07. The molecule has 1 aromatic rings. The first-order valence-corrected chi connectivity index (χ1v) is 5.52. The largest absolute Gasteiger partial charge is 0.374 e. The van der Waals surface area contributed by atoms with Crippen molar-refractivity contribution in [1.29, 1.82) is 5.26 Å². The third kappa shape index (κ3) is 2.62. The number of nitrogens with zero attached hydrogens (tertiary/aromatic N) is 2. The summed E-state index contributed by atoms with van der Waals surface area (Å²) in [4.78, 5) is 2.20. The summed E-state index contributed by atoms with van der Waals surface area (Å²) in [7, 11) is 0. The lowest BCUT2D eigenvalue weighted by molar-refractivity contribution is 0.325. The van der Waals surface area contributed by atoms with Gasteiger partial charge >= 0.3 is 0 Å². The smallest absolute Gasteiger partial charge is 0.101 e. The number of rotatable bonds is 2. The molecule has 0 aromatic heterocycles. The van der Waals surface area contributed by atoms with Crippen LogP contribution in [0.15, 0.2) is 36.5 Å². The molecule has 0 radical (unpaired) electrons. The molecule has 0 amide bonds. The standard InChI is InChI=1S/C13H15N3/c14-10-13(12-4-2-1-3-5-12)11-16-8-6-15-7-9-16/h1-5,11,15H,6-9H2. The summed E-state index contributed by atoms with van der Waals surface area (Å²) in [6.45, 7) is 3.92. The van der Waals surface area contributed by atoms with E-state index in [1.807, 2.05) is 36.5 Å². The summed E-state index contributed by atoms with van der Waals surface area (Å²) >= 11 is 0. The van der Waals surface area contributed by atoms with Gasteiger partial charge in [0.25, 0.3) is 0 Å². The fraction of sp³-hybridized carbons (Fsp3) is 0.308. The zero-order chi connectivity index (χ0) is 11.2. The molecule has 1 N–H and O–H groups in total. The molecule has 0 bridgehead atoms. The summed E-state index contributed by atoms with van der Waals surface area (Å²) in [6, 6.07) is 12.1. The van der Waals surface area contributed by atoms with Gasteiger partial charge < -0.3 is 10.2 Å². The molecule has 0 saturated carbocycles. The molecule has 0 aliphatic carbocycles. The van der Waals surface area contributed by atoms with Crippen molar-refractivity contribution in [3.05, 3.63) is 42.1 Å². The number of piperazine rings is 1. The van der Waals surface area contributed by atoms with Crippen molar-refractivity contribution in [3.8, 4) is 6.07 Å². The lowest BCUT2D eigenvalue weighted by Crippen LogP contribution is -2.40. The zero-order valence-corrected chi connectivity index (χ0v) is 9.19. The molecule has 1 saturated heterocycles. The van der Waals surface area contributed by atoms with E-state index in [1.165, 1.54) is 0 Å². The SMILES string of the molecule is N#CC(=CN1CCNCC1)c1ccccc1. The van der Waals surface area contributed by atoms with Crippen LogP contribution in [-0.2, 0) is 0 Å². The second-order valence-corrected chi connectivity index (χ2v) is 3.81. The van der Waals surface area contributed by atoms with Gasteiger partial charge in [-0.05, 0) is 5.56 Å². The zero-order valence-electron chi connectivity index (χ0n) is 9.19. The minimum absolute atomic E-state index is 0.738. The predicted octanol–water partition coefficient (Wildman–Crippen LogP) is 1.46. The molecular formula is C13H15N3. The second-order valence-electron chi connectivity index (χ2n) is 3.81. The van der Waals surface area contributed by atoms with E-state index in [9.17, 15) is 0 Å². The van der Waals surface area contributed by atoms with Crippen LogP contribution in [0.2, 0.25) is 0 Å². The van der Waals surface area contributed by atoms with E-state index >= 15 is 0 Å². The Labute approximate surface area is 96.0 Å². The minimum atomic E-state index is 0.738. The lowest BCUT2D eigenvalue weighted by Gasteiger charge is -2.26. The van der Waals surface area contributed by atoms with Gasteiger partial charge in [-0.15, -0.1) is 0 Å². The molecule has 1 aliphatic heterocycles. The lowest BCUT2D eigenvalue weighted by atomic mass is 10.1. The number of allylic oxidation sites excluding steroid dienone is 1. The molecule has 1 heterocycles. The van der Waals surface area contributed by atoms with Gasteiger partial charge in [-0.25, -0.2) is 0 Å². The van der Waals surface area contributed by atoms with Crippen LogP contribution in [0.4, 0.5) is 0 Å². The first-order chi connectivity index (χ1) is 7.90. The number of hydrogen-bond acceptors (Lipinski definition) is 3. The van der Waals surface area contributed by atoms with Crippen molar-refractivity contribution in [2.75, 3.05) is 26.2 Å². The highest BCUT2D eigenvalue weighted by atomic mass is 15.2. The Morgan fingerprint density at radius 3 is 2.56 bits per heavy atom. The molecule has 16 heavy (non-hydrogen) atoms. The van der Waals surface area contributed by atoms with Crippen molar-refractivity contribution in [3.63, 3.8) is 0 Å². The van der Waals surface area contributed by atoms with Crippen molar-refractivity contribution in [2.45, 2.75) is 0 Å². The maximum absolute atomic E-state index is 9.15. The van der Waals surface area contributed by atoms with Gasteiger partial charge in [0.15, 0.2) is 0 Å². The fourth-order valence-corrected chi connectivity index (χ4v) is 1.78. The Morgan fingerprint density at radius 2 is 1.94 bits per heavy atom. The summed E-state index contributed by atoms with van der Waals surface area (Å²) in [5.41, 5.74) is 1.73. The molecule has 2 rings (SSSR count). The summed E-state index contributed by atoms with van der Waals surface area (Å²) in [5.74, 6) is 0. The van der Waals surface area contributed by atoms with Crippen molar-refractivity contribution in [2.24, 2.45) is 0 Å². The predicted molar refractivity (Wildman–Crippen MR) is 64.5 cm³/mol. The van der Waals surface area contributed by atoms with Crippen molar-refractivity contribution >= 4 is 5.57 Å². The number of nitrogens with one attached hydrogen (secondary N) is 1. The number of benzene rings is 1. The van der Waals surface area contributed by atoms with E-state index in [4.69, 9.17) is 5.26 Å². The second kappa shape index (κ2) is 5.34. The summed E-state index contributed by atoms with van der Waals surface area (Å²) < 4.78 is 0. The maximum atomic E-state index is 9.15. The van der Waals surface area contributed by atoms with Crippen LogP contribution in [0, 0.1) is 11.3 Å². The Kier molecular flexibility index (Phi) is 3.58. The van der Waals surface area contributed by atoms with Crippen LogP contribution in [-0.4, -0.2) is 31.1 Å². The van der Waals surface area contributed by atoms with Crippen molar-refractivity contribution in [1.82, 2.24) is 10.2 Å². The van der Waals surface area contributed by atoms with E-state index in [0.29, 0.717) is 0 Å². The molecule has 1 aliphatic rings. The van der Waals surface area contributed by atoms with Gasteiger partial charge in [-0.2, -0.15) is 5.26 Å². The Bertz CT molecular complexity index is 397. The first-order valence-electron chi connectivity index (χ1n) is 5.52. The number of nitriles is 1. The van der Waals surface area contributed by atoms with Gasteiger partial charge in [0.1, 0.15) is 6.07 Å². The topological polar surface area (TPSA) is 39.1 Å².